The van der Waals surface area contributed by atoms with Crippen molar-refractivity contribution in [2.45, 2.75) is 32.1 Å². The Morgan fingerprint density at radius 3 is 2.28 bits per heavy atom. The van der Waals surface area contributed by atoms with Gasteiger partial charge in [0.25, 0.3) is 5.91 Å². The number of primary amides is 1. The third kappa shape index (κ3) is 8.06. The van der Waals surface area contributed by atoms with Gasteiger partial charge in [-0.2, -0.15) is 13.2 Å². The van der Waals surface area contributed by atoms with Gasteiger partial charge in [0.1, 0.15) is 11.5 Å². The lowest BCUT2D eigenvalue weighted by Gasteiger charge is -2.20. The molecule has 3 aromatic carbocycles. The van der Waals surface area contributed by atoms with E-state index in [9.17, 15) is 27.5 Å². The molecule has 2 aromatic heterocycles. The van der Waals surface area contributed by atoms with Crippen molar-refractivity contribution in [3.05, 3.63) is 113 Å². The maximum absolute atomic E-state index is 13.5. The highest BCUT2D eigenvalue weighted by Gasteiger charge is 2.38. The molecule has 0 spiro atoms. The van der Waals surface area contributed by atoms with E-state index in [1.807, 2.05) is 48.5 Å². The average Bonchev–Trinajstić information content (AvgIpc) is 3.47. The number of fused-ring (bicyclic) bond motifs is 1. The fraction of sp³-hybridized carbons (Fsp3) is 0.182. The number of aromatic nitrogens is 2. The first-order chi connectivity index (χ1) is 21.9. The summed E-state index contributed by atoms with van der Waals surface area (Å²) < 4.78 is 45.2. The minimum atomic E-state index is -5.08. The van der Waals surface area contributed by atoms with Crippen molar-refractivity contribution < 1.29 is 37.4 Å². The minimum absolute atomic E-state index is 0.0236. The van der Waals surface area contributed by atoms with Crippen LogP contribution in [0.3, 0.4) is 0 Å². The van der Waals surface area contributed by atoms with Crippen molar-refractivity contribution in [3.8, 4) is 11.3 Å². The molecular formula is C33H31F4N5O4. The van der Waals surface area contributed by atoms with E-state index in [1.165, 1.54) is 18.3 Å². The van der Waals surface area contributed by atoms with E-state index in [2.05, 4.69) is 33.6 Å². The van der Waals surface area contributed by atoms with Crippen molar-refractivity contribution in [2.75, 3.05) is 11.9 Å². The number of halogens is 4. The van der Waals surface area contributed by atoms with Gasteiger partial charge in [0, 0.05) is 29.5 Å². The number of H-pyrrole nitrogens is 1. The number of carboxylic acids is 1. The average molecular weight is 638 g/mol. The highest BCUT2D eigenvalue weighted by Crippen LogP contribution is 2.34. The molecule has 2 heterocycles. The number of hydrogen-bond donors (Lipinski definition) is 6. The summed E-state index contributed by atoms with van der Waals surface area (Å²) in [6.07, 6.45) is -2.88. The standard InChI is InChI=1S/C31H30FN5O2.C2HF3O2/c1-2-23-21(16-34-28(18-38)19-7-4-3-5-8-19)9-6-10-26(23)36-29-24-15-27(20-11-13-22(32)14-12-20)37-31(24)35-17-25(29)30(33)39;3-2(4,5)1(6)7/h3-15,17,28,34,38H,2,16,18H2,1H3,(H2,33,39)(H2,35,36,37);(H,6,7). The Labute approximate surface area is 261 Å². The summed E-state index contributed by atoms with van der Waals surface area (Å²) in [6.45, 7) is 2.60. The van der Waals surface area contributed by atoms with Crippen LogP contribution in [-0.2, 0) is 17.8 Å². The number of hydrogen-bond acceptors (Lipinski definition) is 6. The molecule has 9 nitrogen and oxygen atoms in total. The number of anilines is 2. The number of nitrogens with one attached hydrogen (secondary N) is 3. The molecule has 0 fully saturated rings. The maximum atomic E-state index is 13.5. The molecule has 1 atom stereocenters. The molecule has 1 unspecified atom stereocenters. The molecular weight excluding hydrogens is 606 g/mol. The zero-order chi connectivity index (χ0) is 33.4. The number of aromatic amines is 1. The smallest absolute Gasteiger partial charge is 0.475 e. The highest BCUT2D eigenvalue weighted by molar-refractivity contribution is 6.08. The van der Waals surface area contributed by atoms with E-state index in [-0.39, 0.29) is 24.0 Å². The van der Waals surface area contributed by atoms with Crippen LogP contribution in [-0.4, -0.2) is 44.8 Å². The van der Waals surface area contributed by atoms with Gasteiger partial charge in [-0.25, -0.2) is 14.2 Å². The molecule has 5 rings (SSSR count). The predicted molar refractivity (Wildman–Crippen MR) is 166 cm³/mol. The third-order valence-electron chi connectivity index (χ3n) is 7.13. The molecule has 0 bridgehead atoms. The Bertz CT molecular complexity index is 1810. The van der Waals surface area contributed by atoms with Gasteiger partial charge in [0.2, 0.25) is 0 Å². The van der Waals surface area contributed by atoms with Crippen LogP contribution in [0.4, 0.5) is 28.9 Å². The van der Waals surface area contributed by atoms with Gasteiger partial charge in [-0.15, -0.1) is 0 Å². The quantitative estimate of drug-likeness (QED) is 0.0993. The lowest BCUT2D eigenvalue weighted by atomic mass is 10.0. The number of carbonyl (C=O) groups is 2. The van der Waals surface area contributed by atoms with Gasteiger partial charge >= 0.3 is 12.1 Å². The Kier molecular flexibility index (Phi) is 10.7. The molecule has 0 aliphatic rings. The van der Waals surface area contributed by atoms with E-state index >= 15 is 0 Å². The fourth-order valence-corrected chi connectivity index (χ4v) is 4.86. The molecule has 240 valence electrons. The van der Waals surface area contributed by atoms with E-state index in [4.69, 9.17) is 15.6 Å². The number of aliphatic hydroxyl groups is 1. The molecule has 0 aliphatic carbocycles. The van der Waals surface area contributed by atoms with Crippen LogP contribution in [0.2, 0.25) is 0 Å². The second-order valence-electron chi connectivity index (χ2n) is 10.1. The maximum Gasteiger partial charge on any atom is 0.490 e. The Morgan fingerprint density at radius 2 is 1.70 bits per heavy atom. The van der Waals surface area contributed by atoms with Crippen LogP contribution in [0, 0.1) is 5.82 Å². The summed E-state index contributed by atoms with van der Waals surface area (Å²) >= 11 is 0. The molecule has 0 aliphatic heterocycles. The van der Waals surface area contributed by atoms with Gasteiger partial charge in [0.05, 0.1) is 23.9 Å². The molecule has 0 saturated carbocycles. The molecule has 0 radical (unpaired) electrons. The van der Waals surface area contributed by atoms with E-state index < -0.39 is 18.1 Å². The number of alkyl halides is 3. The second kappa shape index (κ2) is 14.7. The van der Waals surface area contributed by atoms with Crippen LogP contribution in [0.1, 0.15) is 40.0 Å². The number of aliphatic carboxylic acids is 1. The first-order valence-electron chi connectivity index (χ1n) is 14.1. The van der Waals surface area contributed by atoms with Gasteiger partial charge in [-0.05, 0) is 65.1 Å². The fourth-order valence-electron chi connectivity index (χ4n) is 4.86. The first kappa shape index (κ1) is 33.6. The molecule has 0 saturated heterocycles. The number of carboxylic acid groups (broad SMARTS) is 1. The van der Waals surface area contributed by atoms with Crippen LogP contribution in [0.5, 0.6) is 0 Å². The number of pyridine rings is 1. The summed E-state index contributed by atoms with van der Waals surface area (Å²) in [5.41, 5.74) is 12.7. The zero-order valence-electron chi connectivity index (χ0n) is 24.5. The molecule has 7 N–H and O–H groups in total. The third-order valence-corrected chi connectivity index (χ3v) is 7.13. The van der Waals surface area contributed by atoms with Gasteiger partial charge in [-0.1, -0.05) is 49.4 Å². The topological polar surface area (TPSA) is 153 Å². The second-order valence-corrected chi connectivity index (χ2v) is 10.1. The van der Waals surface area contributed by atoms with Crippen molar-refractivity contribution in [1.29, 1.82) is 0 Å². The summed E-state index contributed by atoms with van der Waals surface area (Å²) in [4.78, 5) is 29.0. The number of nitrogens with zero attached hydrogens (tertiary/aromatic N) is 1. The number of aliphatic hydroxyl groups excluding tert-OH is 1. The van der Waals surface area contributed by atoms with E-state index in [0.717, 1.165) is 40.1 Å². The predicted octanol–water partition coefficient (Wildman–Crippen LogP) is 6.23. The summed E-state index contributed by atoms with van der Waals surface area (Å²) in [6, 6.07) is 23.7. The molecule has 13 heteroatoms. The molecule has 1 amide bonds. The minimum Gasteiger partial charge on any atom is -0.475 e. The van der Waals surface area contributed by atoms with E-state index in [1.54, 1.807) is 12.1 Å². The Morgan fingerprint density at radius 1 is 1.02 bits per heavy atom. The van der Waals surface area contributed by atoms with Gasteiger partial charge in [-0.3, -0.25) is 4.79 Å². The Balaban J connectivity index is 0.000000617. The van der Waals surface area contributed by atoms with Crippen molar-refractivity contribution >= 4 is 34.3 Å². The summed E-state index contributed by atoms with van der Waals surface area (Å²) in [5.74, 6) is -3.67. The van der Waals surface area contributed by atoms with Crippen molar-refractivity contribution in [2.24, 2.45) is 5.73 Å². The molecule has 5 aromatic rings. The number of benzene rings is 3. The zero-order valence-corrected chi connectivity index (χ0v) is 24.5. The van der Waals surface area contributed by atoms with E-state index in [0.29, 0.717) is 23.3 Å². The van der Waals surface area contributed by atoms with Crippen LogP contribution < -0.4 is 16.4 Å². The van der Waals surface area contributed by atoms with Gasteiger partial charge < -0.3 is 31.6 Å². The first-order valence-corrected chi connectivity index (χ1v) is 14.1. The lowest BCUT2D eigenvalue weighted by Crippen LogP contribution is -2.24. The summed E-state index contributed by atoms with van der Waals surface area (Å²) in [7, 11) is 0. The SMILES string of the molecule is CCc1c(CNC(CO)c2ccccc2)cccc1Nc1c(C(N)=O)cnc2[nH]c(-c3ccc(F)cc3)cc12.O=C(O)C(F)(F)F. The monoisotopic (exact) mass is 637 g/mol. The van der Waals surface area contributed by atoms with Crippen LogP contribution in [0.25, 0.3) is 22.3 Å². The normalized spacial score (nSPS) is 11.9. The van der Waals surface area contributed by atoms with Gasteiger partial charge in [0.15, 0.2) is 0 Å². The summed E-state index contributed by atoms with van der Waals surface area (Å²) in [5, 5.41) is 24.7. The van der Waals surface area contributed by atoms with Crippen LogP contribution in [0.15, 0.2) is 85.1 Å². The molecule has 46 heavy (non-hydrogen) atoms. The number of amides is 1. The number of nitrogens with two attached hydrogens (primary N) is 1. The number of rotatable bonds is 10. The Hall–Kier alpha value is -5.27. The largest absolute Gasteiger partial charge is 0.490 e. The highest BCUT2D eigenvalue weighted by atomic mass is 19.4. The van der Waals surface area contributed by atoms with Crippen LogP contribution >= 0.6 is 0 Å². The van der Waals surface area contributed by atoms with Crippen molar-refractivity contribution in [3.63, 3.8) is 0 Å². The van der Waals surface area contributed by atoms with Crippen molar-refractivity contribution in [1.82, 2.24) is 15.3 Å². The lowest BCUT2D eigenvalue weighted by molar-refractivity contribution is -0.192. The number of carbonyl (C=O) groups excluding carboxylic acids is 1.